The van der Waals surface area contributed by atoms with Gasteiger partial charge in [0, 0.05) is 45.7 Å². The molecule has 3 atom stereocenters. The smallest absolute Gasteiger partial charge is 0.164 e. The maximum Gasteiger partial charge on any atom is 0.164 e. The van der Waals surface area contributed by atoms with Gasteiger partial charge in [-0.2, -0.15) is 0 Å². The number of furan rings is 1. The number of rotatable bonds is 5. The molecule has 0 saturated carbocycles. The van der Waals surface area contributed by atoms with Crippen LogP contribution in [0.3, 0.4) is 0 Å². The minimum atomic E-state index is -0.102. The Morgan fingerprint density at radius 1 is 0.483 bits per heavy atom. The van der Waals surface area contributed by atoms with Gasteiger partial charge in [0.25, 0.3) is 0 Å². The van der Waals surface area contributed by atoms with Crippen LogP contribution in [-0.2, 0) is 0 Å². The van der Waals surface area contributed by atoms with Crippen LogP contribution in [0, 0.1) is 0 Å². The van der Waals surface area contributed by atoms with E-state index in [1.54, 1.807) is 0 Å². The summed E-state index contributed by atoms with van der Waals surface area (Å²) in [6.07, 6.45) is 5.35. The highest BCUT2D eigenvalue weighted by Crippen LogP contribution is 2.50. The van der Waals surface area contributed by atoms with Crippen LogP contribution in [0.25, 0.3) is 88.5 Å². The van der Waals surface area contributed by atoms with Crippen LogP contribution in [0.2, 0.25) is 0 Å². The number of para-hydroxylation sites is 1. The third-order valence-corrected chi connectivity index (χ3v) is 12.0. The Balaban J connectivity index is 1.06. The van der Waals surface area contributed by atoms with Gasteiger partial charge in [0.2, 0.25) is 0 Å². The van der Waals surface area contributed by atoms with Gasteiger partial charge in [-0.3, -0.25) is 0 Å². The van der Waals surface area contributed by atoms with Crippen LogP contribution in [0.1, 0.15) is 29.6 Å². The number of aromatic nitrogens is 3. The van der Waals surface area contributed by atoms with Crippen LogP contribution < -0.4 is 4.74 Å². The summed E-state index contributed by atoms with van der Waals surface area (Å²) in [6, 6.07) is 59.7. The second-order valence-corrected chi connectivity index (χ2v) is 15.4. The molecule has 274 valence electrons. The fourth-order valence-electron chi connectivity index (χ4n) is 9.27. The number of fused-ring (bicyclic) bond motifs is 9. The van der Waals surface area contributed by atoms with Gasteiger partial charge in [0.15, 0.2) is 11.6 Å². The number of hydrogen-bond acceptors (Lipinski definition) is 5. The summed E-state index contributed by atoms with van der Waals surface area (Å²) in [5, 5.41) is 6.61. The standard InChI is InChI=1S/C53H35N3O2/c1-3-12-32(13-4-1)34-22-23-36-29-38(25-24-35(36)28-34)51-54-52(42-19-11-21-47-50(42)41-18-9-10-20-45(41)57-47)56-53(55-51)43-31-48-49(40-17-8-7-16-39(40)43)44-30-37(26-27-46(44)58-48)33-14-5-2-6-15-33/h1-20,22-31,42,47,50H,21H2. The first kappa shape index (κ1) is 32.8. The Labute approximate surface area is 334 Å². The van der Waals surface area contributed by atoms with Gasteiger partial charge in [-0.05, 0) is 80.2 Å². The van der Waals surface area contributed by atoms with Gasteiger partial charge in [0.1, 0.15) is 28.8 Å². The third-order valence-electron chi connectivity index (χ3n) is 12.0. The minimum absolute atomic E-state index is 0.0176. The molecule has 1 aliphatic heterocycles. The average molecular weight is 746 g/mol. The normalized spacial score (nSPS) is 17.1. The highest BCUT2D eigenvalue weighted by Gasteiger charge is 2.42. The molecule has 3 unspecified atom stereocenters. The molecular weight excluding hydrogens is 711 g/mol. The number of allylic oxidation sites excluding steroid dienone is 1. The van der Waals surface area contributed by atoms with Gasteiger partial charge in [-0.25, -0.2) is 15.0 Å². The molecular formula is C53H35N3O2. The fourth-order valence-corrected chi connectivity index (χ4v) is 9.27. The molecule has 0 N–H and O–H groups in total. The van der Waals surface area contributed by atoms with Gasteiger partial charge in [-0.15, -0.1) is 0 Å². The van der Waals surface area contributed by atoms with Crippen molar-refractivity contribution in [3.8, 4) is 50.8 Å². The zero-order valence-corrected chi connectivity index (χ0v) is 31.4. The highest BCUT2D eigenvalue weighted by atomic mass is 16.5. The van der Waals surface area contributed by atoms with Crippen LogP contribution >= 0.6 is 0 Å². The number of hydrogen-bond donors (Lipinski definition) is 0. The van der Waals surface area contributed by atoms with Crippen LogP contribution in [0.4, 0.5) is 0 Å². The van der Waals surface area contributed by atoms with Crippen molar-refractivity contribution in [3.05, 3.63) is 193 Å². The Morgan fingerprint density at radius 3 is 1.95 bits per heavy atom. The summed E-state index contributed by atoms with van der Waals surface area (Å²) in [4.78, 5) is 16.0. The Hall–Kier alpha value is -7.37. The molecule has 58 heavy (non-hydrogen) atoms. The van der Waals surface area contributed by atoms with Crippen molar-refractivity contribution in [1.82, 2.24) is 15.0 Å². The monoisotopic (exact) mass is 745 g/mol. The molecule has 0 amide bonds. The molecule has 5 nitrogen and oxygen atoms in total. The third kappa shape index (κ3) is 5.35. The van der Waals surface area contributed by atoms with E-state index >= 15 is 0 Å². The number of ether oxygens (including phenoxy) is 1. The SMILES string of the molecule is C1=CC(c2nc(-c3ccc4cc(-c5ccccc5)ccc4c3)nc(-c3cc4oc5ccc(-c6ccccc6)cc5c4c4ccccc34)n2)C2c3ccccc3OC2C1. The fraction of sp³-hybridized carbons (Fsp3) is 0.0755. The second kappa shape index (κ2) is 13.1. The summed E-state index contributed by atoms with van der Waals surface area (Å²) < 4.78 is 13.2. The molecule has 8 aromatic carbocycles. The number of nitrogens with zero attached hydrogens (tertiary/aromatic N) is 3. The first-order valence-corrected chi connectivity index (χ1v) is 19.9. The molecule has 0 radical (unpaired) electrons. The molecule has 5 heteroatoms. The van der Waals surface area contributed by atoms with E-state index in [0.717, 1.165) is 78.2 Å². The molecule has 0 bridgehead atoms. The second-order valence-electron chi connectivity index (χ2n) is 15.4. The van der Waals surface area contributed by atoms with Crippen molar-refractivity contribution in [2.24, 2.45) is 0 Å². The quantitative estimate of drug-likeness (QED) is 0.164. The predicted molar refractivity (Wildman–Crippen MR) is 234 cm³/mol. The van der Waals surface area contributed by atoms with Crippen molar-refractivity contribution in [2.45, 2.75) is 24.4 Å². The van der Waals surface area contributed by atoms with E-state index in [-0.39, 0.29) is 17.9 Å². The summed E-state index contributed by atoms with van der Waals surface area (Å²) >= 11 is 0. The van der Waals surface area contributed by atoms with Crippen molar-refractivity contribution in [2.75, 3.05) is 0 Å². The first-order chi connectivity index (χ1) is 28.7. The van der Waals surface area contributed by atoms with Gasteiger partial charge in [-0.1, -0.05) is 146 Å². The molecule has 12 rings (SSSR count). The summed E-state index contributed by atoms with van der Waals surface area (Å²) in [5.41, 5.74) is 9.40. The topological polar surface area (TPSA) is 61.0 Å². The summed E-state index contributed by atoms with van der Waals surface area (Å²) in [6.45, 7) is 0. The molecule has 3 heterocycles. The Bertz CT molecular complexity index is 3260. The van der Waals surface area contributed by atoms with Gasteiger partial charge in [0.05, 0.1) is 0 Å². The van der Waals surface area contributed by atoms with Crippen LogP contribution in [-0.4, -0.2) is 21.1 Å². The van der Waals surface area contributed by atoms with E-state index in [9.17, 15) is 0 Å². The molecule has 10 aromatic rings. The lowest BCUT2D eigenvalue weighted by atomic mass is 9.78. The van der Waals surface area contributed by atoms with Crippen LogP contribution in [0.5, 0.6) is 5.75 Å². The zero-order chi connectivity index (χ0) is 38.2. The largest absolute Gasteiger partial charge is 0.489 e. The van der Waals surface area contributed by atoms with Crippen LogP contribution in [0.15, 0.2) is 186 Å². The van der Waals surface area contributed by atoms with Crippen molar-refractivity contribution in [1.29, 1.82) is 0 Å². The maximum absolute atomic E-state index is 6.66. The highest BCUT2D eigenvalue weighted by molar-refractivity contribution is 6.22. The molecule has 0 saturated heterocycles. The van der Waals surface area contributed by atoms with Gasteiger partial charge >= 0.3 is 0 Å². The zero-order valence-electron chi connectivity index (χ0n) is 31.4. The predicted octanol–water partition coefficient (Wildman–Crippen LogP) is 13.3. The van der Waals surface area contributed by atoms with E-state index in [2.05, 4.69) is 170 Å². The maximum atomic E-state index is 6.66. The van der Waals surface area contributed by atoms with E-state index in [1.165, 1.54) is 22.3 Å². The molecule has 2 aromatic heterocycles. The number of benzene rings is 8. The summed E-state index contributed by atoms with van der Waals surface area (Å²) in [7, 11) is 0. The lowest BCUT2D eigenvalue weighted by molar-refractivity contribution is 0.194. The van der Waals surface area contributed by atoms with E-state index < -0.39 is 0 Å². The van der Waals surface area contributed by atoms with E-state index in [1.807, 2.05) is 12.1 Å². The Kier molecular flexibility index (Phi) is 7.42. The van der Waals surface area contributed by atoms with Crippen molar-refractivity contribution in [3.63, 3.8) is 0 Å². The van der Waals surface area contributed by atoms with Crippen molar-refractivity contribution >= 4 is 43.5 Å². The minimum Gasteiger partial charge on any atom is -0.489 e. The molecule has 2 aliphatic rings. The van der Waals surface area contributed by atoms with E-state index in [4.69, 9.17) is 24.1 Å². The Morgan fingerprint density at radius 2 is 1.14 bits per heavy atom. The lowest BCUT2D eigenvalue weighted by Gasteiger charge is -2.28. The van der Waals surface area contributed by atoms with Gasteiger partial charge < -0.3 is 9.15 Å². The summed E-state index contributed by atoms with van der Waals surface area (Å²) in [5.74, 6) is 2.91. The average Bonchev–Trinajstić information content (AvgIpc) is 3.87. The van der Waals surface area contributed by atoms with E-state index in [0.29, 0.717) is 11.6 Å². The molecule has 1 aliphatic carbocycles. The van der Waals surface area contributed by atoms with Crippen molar-refractivity contribution < 1.29 is 9.15 Å². The first-order valence-electron chi connectivity index (χ1n) is 19.9. The lowest BCUT2D eigenvalue weighted by Crippen LogP contribution is -2.27. The molecule has 0 fully saturated rings. The molecule has 0 spiro atoms.